The molecule has 19 heavy (non-hydrogen) atoms. The number of rotatable bonds is 4. The highest BCUT2D eigenvalue weighted by Crippen LogP contribution is 2.13. The number of nitrogens with zero attached hydrogens (tertiary/aromatic N) is 1. The van der Waals surface area contributed by atoms with Crippen molar-refractivity contribution in [2.24, 2.45) is 0 Å². The van der Waals surface area contributed by atoms with Crippen LogP contribution in [-0.4, -0.2) is 17.6 Å². The van der Waals surface area contributed by atoms with Crippen LogP contribution in [0.15, 0.2) is 29.6 Å². The first kappa shape index (κ1) is 13.5. The third-order valence-corrected chi connectivity index (χ3v) is 3.35. The summed E-state index contributed by atoms with van der Waals surface area (Å²) in [5.41, 5.74) is 1.46. The average Bonchev–Trinajstić information content (AvgIpc) is 2.77. The van der Waals surface area contributed by atoms with E-state index < -0.39 is 0 Å². The lowest BCUT2D eigenvalue weighted by Gasteiger charge is -2.06. The molecular formula is C13H14FN3OS. The smallest absolute Gasteiger partial charge is 0.321 e. The third-order valence-electron chi connectivity index (χ3n) is 2.48. The molecule has 2 aromatic rings. The molecule has 0 bridgehead atoms. The van der Waals surface area contributed by atoms with Gasteiger partial charge in [0, 0.05) is 11.9 Å². The Kier molecular flexibility index (Phi) is 4.46. The summed E-state index contributed by atoms with van der Waals surface area (Å²) >= 11 is 1.37. The standard InChI is InChI=1S/C13H14FN3OS/c1-9-8-19-13(16-9)17-12(18)15-7-6-10-4-2-3-5-11(10)14/h2-5,8H,6-7H2,1H3,(H2,15,16,17,18). The molecule has 0 aliphatic heterocycles. The number of benzene rings is 1. The van der Waals surface area contributed by atoms with Crippen molar-refractivity contribution in [2.45, 2.75) is 13.3 Å². The summed E-state index contributed by atoms with van der Waals surface area (Å²) in [7, 11) is 0. The van der Waals surface area contributed by atoms with Crippen molar-refractivity contribution in [3.8, 4) is 0 Å². The third kappa shape index (κ3) is 4.03. The van der Waals surface area contributed by atoms with Crippen molar-refractivity contribution in [1.29, 1.82) is 0 Å². The van der Waals surface area contributed by atoms with Crippen LogP contribution in [0, 0.1) is 12.7 Å². The van der Waals surface area contributed by atoms with Gasteiger partial charge in [-0.1, -0.05) is 18.2 Å². The zero-order chi connectivity index (χ0) is 13.7. The highest BCUT2D eigenvalue weighted by Gasteiger charge is 2.05. The number of aromatic nitrogens is 1. The maximum Gasteiger partial charge on any atom is 0.321 e. The van der Waals surface area contributed by atoms with Gasteiger partial charge < -0.3 is 5.32 Å². The number of hydrogen-bond acceptors (Lipinski definition) is 3. The second-order valence-corrected chi connectivity index (χ2v) is 4.87. The van der Waals surface area contributed by atoms with Gasteiger partial charge in [-0.05, 0) is 25.0 Å². The number of carbonyl (C=O) groups excluding carboxylic acids is 1. The summed E-state index contributed by atoms with van der Waals surface area (Å²) in [4.78, 5) is 15.7. The van der Waals surface area contributed by atoms with E-state index in [1.807, 2.05) is 12.3 Å². The predicted molar refractivity (Wildman–Crippen MR) is 74.0 cm³/mol. The number of carbonyl (C=O) groups is 1. The summed E-state index contributed by atoms with van der Waals surface area (Å²) in [6.07, 6.45) is 0.455. The summed E-state index contributed by atoms with van der Waals surface area (Å²) in [6.45, 7) is 2.23. The lowest BCUT2D eigenvalue weighted by Crippen LogP contribution is -2.30. The summed E-state index contributed by atoms with van der Waals surface area (Å²) in [5.74, 6) is -0.250. The van der Waals surface area contributed by atoms with Gasteiger partial charge in [0.2, 0.25) is 0 Å². The molecule has 0 atom stereocenters. The fourth-order valence-corrected chi connectivity index (χ4v) is 2.25. The molecule has 0 fully saturated rings. The van der Waals surface area contributed by atoms with Gasteiger partial charge in [0.25, 0.3) is 0 Å². The molecule has 2 N–H and O–H groups in total. The van der Waals surface area contributed by atoms with E-state index in [9.17, 15) is 9.18 Å². The minimum absolute atomic E-state index is 0.250. The van der Waals surface area contributed by atoms with Crippen LogP contribution < -0.4 is 10.6 Å². The van der Waals surface area contributed by atoms with Gasteiger partial charge in [0.05, 0.1) is 5.69 Å². The Balaban J connectivity index is 1.77. The van der Waals surface area contributed by atoms with E-state index in [1.54, 1.807) is 18.2 Å². The Morgan fingerprint density at radius 3 is 2.89 bits per heavy atom. The number of anilines is 1. The number of thiazole rings is 1. The van der Waals surface area contributed by atoms with Crippen molar-refractivity contribution < 1.29 is 9.18 Å². The van der Waals surface area contributed by atoms with E-state index in [0.717, 1.165) is 5.69 Å². The largest absolute Gasteiger partial charge is 0.337 e. The Bertz CT molecular complexity index is 571. The first-order chi connectivity index (χ1) is 9.15. The Morgan fingerprint density at radius 2 is 2.21 bits per heavy atom. The van der Waals surface area contributed by atoms with Crippen LogP contribution in [0.1, 0.15) is 11.3 Å². The van der Waals surface area contributed by atoms with Crippen LogP contribution in [0.5, 0.6) is 0 Å². The molecule has 0 spiro atoms. The molecule has 0 radical (unpaired) electrons. The molecule has 0 unspecified atom stereocenters. The van der Waals surface area contributed by atoms with Crippen LogP contribution in [0.4, 0.5) is 14.3 Å². The number of urea groups is 1. The fourth-order valence-electron chi connectivity index (χ4n) is 1.56. The first-order valence-corrected chi connectivity index (χ1v) is 6.73. The SMILES string of the molecule is Cc1csc(NC(=O)NCCc2ccccc2F)n1. The molecule has 0 aliphatic rings. The average molecular weight is 279 g/mol. The Morgan fingerprint density at radius 1 is 1.42 bits per heavy atom. The minimum atomic E-state index is -0.328. The summed E-state index contributed by atoms with van der Waals surface area (Å²) in [5, 5.41) is 7.71. The van der Waals surface area contributed by atoms with Crippen LogP contribution in [0.2, 0.25) is 0 Å². The maximum atomic E-state index is 13.3. The second kappa shape index (κ2) is 6.29. The number of nitrogens with one attached hydrogen (secondary N) is 2. The van der Waals surface area contributed by atoms with E-state index in [1.165, 1.54) is 17.4 Å². The van der Waals surface area contributed by atoms with Crippen LogP contribution >= 0.6 is 11.3 Å². The molecule has 0 saturated heterocycles. The topological polar surface area (TPSA) is 54.0 Å². The van der Waals surface area contributed by atoms with E-state index >= 15 is 0 Å². The monoisotopic (exact) mass is 279 g/mol. The Labute approximate surface area is 114 Å². The maximum absolute atomic E-state index is 13.3. The van der Waals surface area contributed by atoms with E-state index in [0.29, 0.717) is 23.7 Å². The van der Waals surface area contributed by atoms with Gasteiger partial charge in [0.15, 0.2) is 5.13 Å². The van der Waals surface area contributed by atoms with Gasteiger partial charge in [-0.2, -0.15) is 0 Å². The van der Waals surface area contributed by atoms with Crippen molar-refractivity contribution in [3.63, 3.8) is 0 Å². The minimum Gasteiger partial charge on any atom is -0.337 e. The van der Waals surface area contributed by atoms with Crippen molar-refractivity contribution in [3.05, 3.63) is 46.7 Å². The normalized spacial score (nSPS) is 10.2. The molecule has 1 aromatic carbocycles. The molecule has 0 saturated carbocycles. The highest BCUT2D eigenvalue weighted by molar-refractivity contribution is 7.13. The van der Waals surface area contributed by atoms with Gasteiger partial charge >= 0.3 is 6.03 Å². The summed E-state index contributed by atoms with van der Waals surface area (Å²) in [6, 6.07) is 6.21. The zero-order valence-electron chi connectivity index (χ0n) is 10.4. The Hall–Kier alpha value is -1.95. The molecule has 0 aliphatic carbocycles. The van der Waals surface area contributed by atoms with Gasteiger partial charge in [-0.3, -0.25) is 5.32 Å². The van der Waals surface area contributed by atoms with E-state index in [4.69, 9.17) is 0 Å². The van der Waals surface area contributed by atoms with Gasteiger partial charge in [-0.15, -0.1) is 11.3 Å². The molecule has 1 heterocycles. The molecule has 1 aromatic heterocycles. The number of aryl methyl sites for hydroxylation is 1. The summed E-state index contributed by atoms with van der Waals surface area (Å²) < 4.78 is 13.3. The number of hydrogen-bond donors (Lipinski definition) is 2. The van der Waals surface area contributed by atoms with Gasteiger partial charge in [-0.25, -0.2) is 14.2 Å². The van der Waals surface area contributed by atoms with Crippen molar-refractivity contribution in [1.82, 2.24) is 10.3 Å². The highest BCUT2D eigenvalue weighted by atomic mass is 32.1. The van der Waals surface area contributed by atoms with Crippen LogP contribution in [0.25, 0.3) is 0 Å². The second-order valence-electron chi connectivity index (χ2n) is 4.02. The van der Waals surface area contributed by atoms with Crippen LogP contribution in [0.3, 0.4) is 0 Å². The molecule has 2 amide bonds. The number of halogens is 1. The lowest BCUT2D eigenvalue weighted by molar-refractivity contribution is 0.252. The first-order valence-electron chi connectivity index (χ1n) is 5.85. The predicted octanol–water partition coefficient (Wildman–Crippen LogP) is 2.95. The fraction of sp³-hybridized carbons (Fsp3) is 0.231. The molecule has 6 heteroatoms. The molecular weight excluding hydrogens is 265 g/mol. The molecule has 100 valence electrons. The zero-order valence-corrected chi connectivity index (χ0v) is 11.3. The van der Waals surface area contributed by atoms with E-state index in [2.05, 4.69) is 15.6 Å². The van der Waals surface area contributed by atoms with Crippen molar-refractivity contribution in [2.75, 3.05) is 11.9 Å². The van der Waals surface area contributed by atoms with Crippen LogP contribution in [-0.2, 0) is 6.42 Å². The van der Waals surface area contributed by atoms with Gasteiger partial charge in [0.1, 0.15) is 5.82 Å². The molecule has 4 nitrogen and oxygen atoms in total. The number of amides is 2. The van der Waals surface area contributed by atoms with Crippen molar-refractivity contribution >= 4 is 22.5 Å². The molecule has 2 rings (SSSR count). The quantitative estimate of drug-likeness (QED) is 0.904. The van der Waals surface area contributed by atoms with E-state index in [-0.39, 0.29) is 11.8 Å². The lowest BCUT2D eigenvalue weighted by atomic mass is 10.1.